The molecule has 0 aliphatic carbocycles. The summed E-state index contributed by atoms with van der Waals surface area (Å²) in [7, 11) is 0. The third-order valence-electron chi connectivity index (χ3n) is 2.88. The quantitative estimate of drug-likeness (QED) is 0.946. The number of benzene rings is 1. The van der Waals surface area contributed by atoms with Crippen molar-refractivity contribution in [2.24, 2.45) is 0 Å². The number of rotatable bonds is 3. The van der Waals surface area contributed by atoms with Gasteiger partial charge in [-0.05, 0) is 19.1 Å². The zero-order valence-corrected chi connectivity index (χ0v) is 11.4. The normalized spacial score (nSPS) is 11.5. The van der Waals surface area contributed by atoms with E-state index < -0.39 is 6.36 Å². The van der Waals surface area contributed by atoms with E-state index in [-0.39, 0.29) is 11.3 Å². The Morgan fingerprint density at radius 1 is 1.33 bits per heavy atom. The zero-order chi connectivity index (χ0) is 15.6. The van der Waals surface area contributed by atoms with Crippen molar-refractivity contribution < 1.29 is 17.9 Å². The van der Waals surface area contributed by atoms with E-state index in [2.05, 4.69) is 14.7 Å². The van der Waals surface area contributed by atoms with Gasteiger partial charge in [0.1, 0.15) is 11.6 Å². The molecule has 1 N–H and O–H groups in total. The van der Waals surface area contributed by atoms with Crippen LogP contribution < -0.4 is 10.3 Å². The monoisotopic (exact) mass is 298 g/mol. The molecule has 0 fully saturated rings. The van der Waals surface area contributed by atoms with Crippen LogP contribution in [0, 0.1) is 6.92 Å². The second-order valence-corrected chi connectivity index (χ2v) is 4.42. The number of hydrogen-bond donors (Lipinski definition) is 1. The van der Waals surface area contributed by atoms with E-state index in [1.54, 1.807) is 13.0 Å². The Morgan fingerprint density at radius 2 is 2.05 bits per heavy atom. The fraction of sp³-hybridized carbons (Fsp3) is 0.286. The highest BCUT2D eigenvalue weighted by molar-refractivity contribution is 5.64. The lowest BCUT2D eigenvalue weighted by molar-refractivity contribution is -0.274. The molecule has 0 radical (unpaired) electrons. The second kappa shape index (κ2) is 5.59. The van der Waals surface area contributed by atoms with Gasteiger partial charge in [0.2, 0.25) is 0 Å². The van der Waals surface area contributed by atoms with Gasteiger partial charge in [-0.25, -0.2) is 4.98 Å². The first-order valence-corrected chi connectivity index (χ1v) is 6.26. The highest BCUT2D eigenvalue weighted by atomic mass is 19.4. The minimum absolute atomic E-state index is 0.306. The SMILES string of the molecule is CCc1nc(-c2cccc(OC(F)(F)F)c2)c(C)c(=O)[nH]1. The van der Waals surface area contributed by atoms with Crippen LogP contribution in [0.15, 0.2) is 29.1 Å². The highest BCUT2D eigenvalue weighted by Gasteiger charge is 2.31. The van der Waals surface area contributed by atoms with Crippen LogP contribution in [0.5, 0.6) is 5.75 Å². The van der Waals surface area contributed by atoms with Crippen molar-refractivity contribution in [3.8, 4) is 17.0 Å². The molecule has 1 aromatic carbocycles. The Hall–Kier alpha value is -2.31. The first-order valence-electron chi connectivity index (χ1n) is 6.26. The van der Waals surface area contributed by atoms with Crippen molar-refractivity contribution in [2.75, 3.05) is 0 Å². The third-order valence-corrected chi connectivity index (χ3v) is 2.88. The average molecular weight is 298 g/mol. The smallest absolute Gasteiger partial charge is 0.406 e. The molecule has 0 aliphatic rings. The number of H-pyrrole nitrogens is 1. The molecule has 7 heteroatoms. The minimum atomic E-state index is -4.76. The Bertz CT molecular complexity index is 708. The van der Waals surface area contributed by atoms with Crippen molar-refractivity contribution >= 4 is 0 Å². The van der Waals surface area contributed by atoms with Crippen molar-refractivity contribution in [1.82, 2.24) is 9.97 Å². The van der Waals surface area contributed by atoms with Crippen LogP contribution in [0.3, 0.4) is 0 Å². The van der Waals surface area contributed by atoms with Gasteiger partial charge in [0.15, 0.2) is 0 Å². The number of aryl methyl sites for hydroxylation is 1. The highest BCUT2D eigenvalue weighted by Crippen LogP contribution is 2.27. The van der Waals surface area contributed by atoms with E-state index in [9.17, 15) is 18.0 Å². The Labute approximate surface area is 118 Å². The Morgan fingerprint density at radius 3 is 2.67 bits per heavy atom. The van der Waals surface area contributed by atoms with E-state index in [0.29, 0.717) is 29.1 Å². The number of nitrogens with zero attached hydrogens (tertiary/aromatic N) is 1. The number of aromatic nitrogens is 2. The number of aromatic amines is 1. The number of hydrogen-bond acceptors (Lipinski definition) is 3. The summed E-state index contributed by atoms with van der Waals surface area (Å²) in [4.78, 5) is 18.7. The number of nitrogens with one attached hydrogen (secondary N) is 1. The summed E-state index contributed by atoms with van der Waals surface area (Å²) in [5.41, 5.74) is 0.786. The molecule has 1 aromatic heterocycles. The number of ether oxygens (including phenoxy) is 1. The van der Waals surface area contributed by atoms with Crippen LogP contribution in [-0.2, 0) is 6.42 Å². The van der Waals surface area contributed by atoms with Crippen LogP contribution >= 0.6 is 0 Å². The molecule has 112 valence electrons. The largest absolute Gasteiger partial charge is 0.573 e. The van der Waals surface area contributed by atoms with Crippen molar-refractivity contribution in [3.63, 3.8) is 0 Å². The van der Waals surface area contributed by atoms with Crippen LogP contribution in [-0.4, -0.2) is 16.3 Å². The van der Waals surface area contributed by atoms with Gasteiger partial charge >= 0.3 is 6.36 Å². The van der Waals surface area contributed by atoms with Crippen LogP contribution in [0.4, 0.5) is 13.2 Å². The summed E-state index contributed by atoms with van der Waals surface area (Å²) in [5.74, 6) is 0.127. The van der Waals surface area contributed by atoms with E-state index in [1.165, 1.54) is 18.2 Å². The van der Waals surface area contributed by atoms with Crippen molar-refractivity contribution in [3.05, 3.63) is 46.0 Å². The molecule has 1 heterocycles. The van der Waals surface area contributed by atoms with Gasteiger partial charge in [0.25, 0.3) is 5.56 Å². The molecule has 0 aliphatic heterocycles. The molecular formula is C14H13F3N2O2. The second-order valence-electron chi connectivity index (χ2n) is 4.42. The summed E-state index contributed by atoms with van der Waals surface area (Å²) in [6.45, 7) is 3.39. The van der Waals surface area contributed by atoms with E-state index in [4.69, 9.17) is 0 Å². The van der Waals surface area contributed by atoms with Crippen LogP contribution in [0.25, 0.3) is 11.3 Å². The Kier molecular flexibility index (Phi) is 4.02. The fourth-order valence-corrected chi connectivity index (χ4v) is 1.87. The van der Waals surface area contributed by atoms with Gasteiger partial charge < -0.3 is 9.72 Å². The van der Waals surface area contributed by atoms with E-state index >= 15 is 0 Å². The number of halogens is 3. The maximum absolute atomic E-state index is 12.2. The maximum atomic E-state index is 12.2. The number of alkyl halides is 3. The van der Waals surface area contributed by atoms with Crippen LogP contribution in [0.1, 0.15) is 18.3 Å². The van der Waals surface area contributed by atoms with Crippen LogP contribution in [0.2, 0.25) is 0 Å². The maximum Gasteiger partial charge on any atom is 0.573 e. The molecule has 4 nitrogen and oxygen atoms in total. The van der Waals surface area contributed by atoms with E-state index in [0.717, 1.165) is 0 Å². The molecule has 2 aromatic rings. The molecule has 0 spiro atoms. The summed E-state index contributed by atoms with van der Waals surface area (Å²) in [6, 6.07) is 5.41. The zero-order valence-electron chi connectivity index (χ0n) is 11.4. The average Bonchev–Trinajstić information content (AvgIpc) is 2.40. The van der Waals surface area contributed by atoms with Gasteiger partial charge in [0.05, 0.1) is 5.69 Å². The molecule has 0 amide bonds. The lowest BCUT2D eigenvalue weighted by Crippen LogP contribution is -2.17. The molecule has 0 saturated carbocycles. The lowest BCUT2D eigenvalue weighted by atomic mass is 10.1. The predicted molar refractivity (Wildman–Crippen MR) is 71.1 cm³/mol. The Balaban J connectivity index is 2.50. The predicted octanol–water partition coefficient (Wildman–Crippen LogP) is 3.21. The summed E-state index contributed by atoms with van der Waals surface area (Å²) < 4.78 is 40.6. The molecule has 0 unspecified atom stereocenters. The molecular weight excluding hydrogens is 285 g/mol. The third kappa shape index (κ3) is 3.62. The first kappa shape index (κ1) is 15.1. The van der Waals surface area contributed by atoms with Gasteiger partial charge in [-0.1, -0.05) is 19.1 Å². The summed E-state index contributed by atoms with van der Waals surface area (Å²) in [5, 5.41) is 0. The summed E-state index contributed by atoms with van der Waals surface area (Å²) in [6.07, 6.45) is -4.24. The molecule has 0 atom stereocenters. The molecule has 21 heavy (non-hydrogen) atoms. The molecule has 0 bridgehead atoms. The topological polar surface area (TPSA) is 55.0 Å². The van der Waals surface area contributed by atoms with Gasteiger partial charge in [-0.3, -0.25) is 4.79 Å². The standard InChI is InChI=1S/C14H13F3N2O2/c1-3-11-18-12(8(2)13(20)19-11)9-5-4-6-10(7-9)21-14(15,16)17/h4-7H,3H2,1-2H3,(H,18,19,20). The fourth-order valence-electron chi connectivity index (χ4n) is 1.87. The van der Waals surface area contributed by atoms with Crippen molar-refractivity contribution in [2.45, 2.75) is 26.6 Å². The van der Waals surface area contributed by atoms with Gasteiger partial charge in [0, 0.05) is 17.5 Å². The lowest BCUT2D eigenvalue weighted by Gasteiger charge is -2.11. The molecule has 2 rings (SSSR count). The van der Waals surface area contributed by atoms with Crippen molar-refractivity contribution in [1.29, 1.82) is 0 Å². The first-order chi connectivity index (χ1) is 9.80. The summed E-state index contributed by atoms with van der Waals surface area (Å²) >= 11 is 0. The minimum Gasteiger partial charge on any atom is -0.406 e. The molecule has 0 saturated heterocycles. The van der Waals surface area contributed by atoms with E-state index in [1.807, 2.05) is 6.92 Å². The van der Waals surface area contributed by atoms with Gasteiger partial charge in [-0.2, -0.15) is 0 Å². The van der Waals surface area contributed by atoms with Gasteiger partial charge in [-0.15, -0.1) is 13.2 Å².